The van der Waals surface area contributed by atoms with Crippen LogP contribution < -0.4 is 10.2 Å². The molecule has 3 nitrogen and oxygen atoms in total. The van der Waals surface area contributed by atoms with Gasteiger partial charge in [-0.15, -0.1) is 0 Å². The molecule has 0 radical (unpaired) electrons. The van der Waals surface area contributed by atoms with E-state index in [0.29, 0.717) is 0 Å². The number of nitrogens with zero attached hydrogens (tertiary/aromatic N) is 1. The minimum absolute atomic E-state index is 0.110. The molecule has 2 saturated heterocycles. The van der Waals surface area contributed by atoms with Crippen LogP contribution in [0.3, 0.4) is 0 Å². The molecular formula is C26H36NO2P. The van der Waals surface area contributed by atoms with E-state index in [9.17, 15) is 0 Å². The Kier molecular flexibility index (Phi) is 5.54. The highest BCUT2D eigenvalue weighted by Crippen LogP contribution is 2.68. The van der Waals surface area contributed by atoms with E-state index in [2.05, 4.69) is 96.1 Å². The predicted molar refractivity (Wildman–Crippen MR) is 130 cm³/mol. The largest absolute Gasteiger partial charge is 0.377 e. The van der Waals surface area contributed by atoms with Gasteiger partial charge < -0.3 is 14.4 Å². The highest BCUT2D eigenvalue weighted by molar-refractivity contribution is 7.69. The summed E-state index contributed by atoms with van der Waals surface area (Å²) in [4.78, 5) is 2.23. The summed E-state index contributed by atoms with van der Waals surface area (Å²) in [6.45, 7) is 13.4. The van der Waals surface area contributed by atoms with Gasteiger partial charge in [-0.3, -0.25) is 0 Å². The zero-order valence-electron chi connectivity index (χ0n) is 19.6. The van der Waals surface area contributed by atoms with E-state index in [1.54, 1.807) is 0 Å². The average Bonchev–Trinajstić information content (AvgIpc) is 3.06. The first kappa shape index (κ1) is 21.8. The van der Waals surface area contributed by atoms with Gasteiger partial charge in [0.2, 0.25) is 0 Å². The summed E-state index contributed by atoms with van der Waals surface area (Å²) in [6, 6.07) is 15.7. The van der Waals surface area contributed by atoms with Crippen molar-refractivity contribution >= 4 is 18.9 Å². The Morgan fingerprint density at radius 3 is 2.03 bits per heavy atom. The minimum Gasteiger partial charge on any atom is -0.377 e. The summed E-state index contributed by atoms with van der Waals surface area (Å²) >= 11 is 0. The zero-order chi connectivity index (χ0) is 21.7. The number of ether oxygens (including phenoxy) is 2. The lowest BCUT2D eigenvalue weighted by molar-refractivity contribution is -0.178. The molecule has 4 rings (SSSR count). The molecule has 0 aromatic heterocycles. The van der Waals surface area contributed by atoms with E-state index < -0.39 is 13.7 Å². The molecule has 4 heteroatoms. The summed E-state index contributed by atoms with van der Waals surface area (Å²) in [6.07, 6.45) is 1.91. The summed E-state index contributed by atoms with van der Waals surface area (Å²) in [5.74, 6) is -0.405. The van der Waals surface area contributed by atoms with Crippen LogP contribution in [0.2, 0.25) is 0 Å². The summed E-state index contributed by atoms with van der Waals surface area (Å²) in [7, 11) is 3.81. The van der Waals surface area contributed by atoms with Crippen LogP contribution in [-0.2, 0) is 9.47 Å². The van der Waals surface area contributed by atoms with Gasteiger partial charge in [0.15, 0.2) is 5.79 Å². The Bertz CT molecular complexity index is 908. The Labute approximate surface area is 183 Å². The van der Waals surface area contributed by atoms with Crippen LogP contribution in [0.1, 0.15) is 46.1 Å². The molecule has 0 aliphatic carbocycles. The van der Waals surface area contributed by atoms with Gasteiger partial charge in [-0.1, -0.05) is 72.0 Å². The molecule has 0 atom stereocenters. The third-order valence-electron chi connectivity index (χ3n) is 6.58. The van der Waals surface area contributed by atoms with Gasteiger partial charge in [-0.25, -0.2) is 0 Å². The topological polar surface area (TPSA) is 21.7 Å². The quantitative estimate of drug-likeness (QED) is 0.569. The molecular weight excluding hydrogens is 389 g/mol. The third-order valence-corrected chi connectivity index (χ3v) is 10.2. The van der Waals surface area contributed by atoms with Gasteiger partial charge in [-0.2, -0.15) is 0 Å². The summed E-state index contributed by atoms with van der Waals surface area (Å²) in [5.41, 5.74) is 5.36. The smallest absolute Gasteiger partial charge is 0.170 e. The van der Waals surface area contributed by atoms with Crippen molar-refractivity contribution in [2.45, 2.75) is 63.6 Å². The first-order chi connectivity index (χ1) is 14.1. The maximum Gasteiger partial charge on any atom is 0.170 e. The van der Waals surface area contributed by atoms with Crippen molar-refractivity contribution in [2.24, 2.45) is 0 Å². The van der Waals surface area contributed by atoms with Crippen molar-refractivity contribution in [1.82, 2.24) is 0 Å². The molecule has 0 unspecified atom stereocenters. The van der Waals surface area contributed by atoms with Gasteiger partial charge in [0.05, 0.1) is 13.2 Å². The highest BCUT2D eigenvalue weighted by atomic mass is 31.1. The van der Waals surface area contributed by atoms with E-state index in [-0.39, 0.29) is 10.3 Å². The first-order valence-corrected chi connectivity index (χ1v) is 12.4. The normalized spacial score (nSPS) is 22.4. The fourth-order valence-electron chi connectivity index (χ4n) is 5.97. The molecule has 2 heterocycles. The number of rotatable bonds is 3. The number of hydrogen-bond donors (Lipinski definition) is 0. The highest BCUT2D eigenvalue weighted by Gasteiger charge is 2.57. The summed E-state index contributed by atoms with van der Waals surface area (Å²) < 4.78 is 12.4. The lowest BCUT2D eigenvalue weighted by atomic mass is 9.91. The van der Waals surface area contributed by atoms with Crippen LogP contribution in [0.15, 0.2) is 42.5 Å². The molecule has 2 aliphatic rings. The van der Waals surface area contributed by atoms with Gasteiger partial charge in [0, 0.05) is 38.2 Å². The third kappa shape index (κ3) is 3.70. The van der Waals surface area contributed by atoms with E-state index in [4.69, 9.17) is 9.47 Å². The maximum absolute atomic E-state index is 6.20. The molecule has 0 bridgehead atoms. The zero-order valence-corrected chi connectivity index (χ0v) is 20.5. The van der Waals surface area contributed by atoms with Crippen molar-refractivity contribution in [1.29, 1.82) is 0 Å². The molecule has 0 amide bonds. The van der Waals surface area contributed by atoms with Crippen molar-refractivity contribution < 1.29 is 9.47 Å². The van der Waals surface area contributed by atoms with Crippen LogP contribution in [0, 0.1) is 6.92 Å². The molecule has 2 fully saturated rings. The summed E-state index contributed by atoms with van der Waals surface area (Å²) in [5, 5.41) is 1.73. The monoisotopic (exact) mass is 425 g/mol. The van der Waals surface area contributed by atoms with Crippen LogP contribution in [0.5, 0.6) is 0 Å². The lowest BCUT2D eigenvalue weighted by Crippen LogP contribution is -2.52. The second-order valence-corrected chi connectivity index (χ2v) is 13.9. The Balaban J connectivity index is 1.88. The fourth-order valence-corrected chi connectivity index (χ4v) is 10.4. The maximum atomic E-state index is 6.20. The Hall–Kier alpha value is -1.41. The van der Waals surface area contributed by atoms with Crippen molar-refractivity contribution in [3.05, 3.63) is 48.0 Å². The van der Waals surface area contributed by atoms with Gasteiger partial charge in [-0.05, 0) is 39.7 Å². The number of hydrogen-bond acceptors (Lipinski definition) is 3. The van der Waals surface area contributed by atoms with E-state index in [1.165, 1.54) is 27.7 Å². The molecule has 1 spiro atoms. The molecule has 2 aliphatic heterocycles. The molecule has 162 valence electrons. The van der Waals surface area contributed by atoms with Crippen LogP contribution in [0.4, 0.5) is 5.69 Å². The van der Waals surface area contributed by atoms with Crippen molar-refractivity contribution in [2.75, 3.05) is 32.2 Å². The van der Waals surface area contributed by atoms with Crippen LogP contribution in [0.25, 0.3) is 11.1 Å². The Morgan fingerprint density at radius 2 is 1.43 bits per heavy atom. The second kappa shape index (κ2) is 7.62. The van der Waals surface area contributed by atoms with Gasteiger partial charge in [0.1, 0.15) is 0 Å². The molecule has 30 heavy (non-hydrogen) atoms. The van der Waals surface area contributed by atoms with Gasteiger partial charge >= 0.3 is 0 Å². The molecule has 0 saturated carbocycles. The standard InChI is InChI=1S/C26H36NO2P/c1-19-11-10-13-21(27(6)7)23(19)20-12-8-9-14-22(20)30-24(2,3)17-26(18-25(30,4)5)28-15-16-29-26/h8-14H,15-18H2,1-7H3. The van der Waals surface area contributed by atoms with E-state index >= 15 is 0 Å². The molecule has 2 aromatic rings. The van der Waals surface area contributed by atoms with E-state index in [1.807, 2.05) is 0 Å². The minimum atomic E-state index is -0.462. The SMILES string of the molecule is Cc1cccc(N(C)C)c1-c1ccccc1P1C(C)(C)CC2(CC1(C)C)OCCO2. The lowest BCUT2D eigenvalue weighted by Gasteiger charge is -2.55. The molecule has 2 aromatic carbocycles. The van der Waals surface area contributed by atoms with Crippen LogP contribution in [-0.4, -0.2) is 43.4 Å². The first-order valence-electron chi connectivity index (χ1n) is 11.0. The van der Waals surface area contributed by atoms with E-state index in [0.717, 1.165) is 26.1 Å². The predicted octanol–water partition coefficient (Wildman–Crippen LogP) is 5.93. The molecule has 0 N–H and O–H groups in total. The van der Waals surface area contributed by atoms with Crippen LogP contribution >= 0.6 is 7.92 Å². The Morgan fingerprint density at radius 1 is 0.833 bits per heavy atom. The second-order valence-electron chi connectivity index (χ2n) is 10.3. The van der Waals surface area contributed by atoms with Crippen molar-refractivity contribution in [3.8, 4) is 11.1 Å². The fraction of sp³-hybridized carbons (Fsp3) is 0.538. The number of aryl methyl sites for hydroxylation is 1. The average molecular weight is 426 g/mol. The van der Waals surface area contributed by atoms with Crippen molar-refractivity contribution in [3.63, 3.8) is 0 Å². The van der Waals surface area contributed by atoms with Gasteiger partial charge in [0.25, 0.3) is 0 Å². The number of benzene rings is 2. The number of anilines is 1.